The SMILES string of the molecule is Cc1cccc2oc(C(C)n3nc(-c4ccc(OC(C)C)c(F)c4)c4c(N)ncnc43)c(-c3ccccc3)c(=O)c12. The van der Waals surface area contributed by atoms with Gasteiger partial charge in [-0.15, -0.1) is 0 Å². The van der Waals surface area contributed by atoms with E-state index in [2.05, 4.69) is 9.97 Å². The summed E-state index contributed by atoms with van der Waals surface area (Å²) in [4.78, 5) is 22.7. The van der Waals surface area contributed by atoms with Crippen LogP contribution < -0.4 is 15.9 Å². The van der Waals surface area contributed by atoms with Crippen LogP contribution >= 0.6 is 0 Å². The number of rotatable bonds is 6. The van der Waals surface area contributed by atoms with E-state index in [0.717, 1.165) is 11.1 Å². The number of fused-ring (bicyclic) bond motifs is 2. The zero-order valence-electron chi connectivity index (χ0n) is 23.1. The zero-order chi connectivity index (χ0) is 28.8. The topological polar surface area (TPSA) is 109 Å². The number of halogens is 1. The highest BCUT2D eigenvalue weighted by Gasteiger charge is 2.27. The van der Waals surface area contributed by atoms with Crippen molar-refractivity contribution >= 4 is 27.8 Å². The highest BCUT2D eigenvalue weighted by molar-refractivity contribution is 5.98. The molecule has 6 aromatic rings. The molecule has 41 heavy (non-hydrogen) atoms. The summed E-state index contributed by atoms with van der Waals surface area (Å²) in [5, 5.41) is 5.85. The van der Waals surface area contributed by atoms with E-state index in [1.165, 1.54) is 12.4 Å². The third kappa shape index (κ3) is 4.49. The first-order chi connectivity index (χ1) is 19.7. The van der Waals surface area contributed by atoms with Gasteiger partial charge in [0.05, 0.1) is 22.4 Å². The molecule has 3 aromatic heterocycles. The number of nitrogens with zero attached hydrogens (tertiary/aromatic N) is 4. The van der Waals surface area contributed by atoms with Gasteiger partial charge >= 0.3 is 0 Å². The van der Waals surface area contributed by atoms with Gasteiger partial charge in [-0.3, -0.25) is 4.79 Å². The monoisotopic (exact) mass is 549 g/mol. The number of hydrogen-bond acceptors (Lipinski definition) is 7. The van der Waals surface area contributed by atoms with Gasteiger partial charge < -0.3 is 14.9 Å². The molecule has 206 valence electrons. The molecule has 0 aliphatic rings. The summed E-state index contributed by atoms with van der Waals surface area (Å²) in [7, 11) is 0. The molecule has 0 bridgehead atoms. The second-order valence-corrected chi connectivity index (χ2v) is 10.2. The van der Waals surface area contributed by atoms with Gasteiger partial charge in [-0.25, -0.2) is 19.0 Å². The molecule has 1 unspecified atom stereocenters. The van der Waals surface area contributed by atoms with Crippen LogP contribution in [-0.4, -0.2) is 25.9 Å². The van der Waals surface area contributed by atoms with Gasteiger partial charge in [-0.1, -0.05) is 42.5 Å². The third-order valence-electron chi connectivity index (χ3n) is 7.05. The quantitative estimate of drug-likeness (QED) is 0.246. The minimum atomic E-state index is -0.596. The average Bonchev–Trinajstić information content (AvgIpc) is 3.35. The van der Waals surface area contributed by atoms with Gasteiger partial charge in [-0.2, -0.15) is 5.10 Å². The maximum atomic E-state index is 15.0. The van der Waals surface area contributed by atoms with E-state index in [0.29, 0.717) is 44.6 Å². The van der Waals surface area contributed by atoms with E-state index in [9.17, 15) is 4.79 Å². The number of ether oxygens (including phenoxy) is 1. The normalized spacial score (nSPS) is 12.3. The van der Waals surface area contributed by atoms with Crippen LogP contribution in [0.1, 0.15) is 38.1 Å². The lowest BCUT2D eigenvalue weighted by Gasteiger charge is -2.17. The van der Waals surface area contributed by atoms with Gasteiger partial charge in [0, 0.05) is 5.56 Å². The minimum absolute atomic E-state index is 0.133. The Morgan fingerprint density at radius 1 is 0.951 bits per heavy atom. The zero-order valence-corrected chi connectivity index (χ0v) is 23.1. The second-order valence-electron chi connectivity index (χ2n) is 10.2. The first kappa shape index (κ1) is 26.2. The number of aryl methyl sites for hydroxylation is 1. The predicted molar refractivity (Wildman–Crippen MR) is 157 cm³/mol. The lowest BCUT2D eigenvalue weighted by Crippen LogP contribution is -2.17. The van der Waals surface area contributed by atoms with Crippen molar-refractivity contribution in [1.29, 1.82) is 0 Å². The van der Waals surface area contributed by atoms with E-state index < -0.39 is 11.9 Å². The summed E-state index contributed by atoms with van der Waals surface area (Å²) in [6.07, 6.45) is 1.17. The summed E-state index contributed by atoms with van der Waals surface area (Å²) in [5.74, 6) is 0.236. The molecule has 0 aliphatic carbocycles. The van der Waals surface area contributed by atoms with Crippen LogP contribution in [0.4, 0.5) is 10.2 Å². The van der Waals surface area contributed by atoms with Gasteiger partial charge in [0.15, 0.2) is 17.2 Å². The molecule has 3 heterocycles. The lowest BCUT2D eigenvalue weighted by molar-refractivity contribution is 0.231. The van der Waals surface area contributed by atoms with Crippen molar-refractivity contribution in [3.63, 3.8) is 0 Å². The number of hydrogen-bond donors (Lipinski definition) is 1. The van der Waals surface area contributed by atoms with Gasteiger partial charge in [-0.05, 0) is 63.1 Å². The van der Waals surface area contributed by atoms with E-state index in [1.807, 2.05) is 70.2 Å². The van der Waals surface area contributed by atoms with E-state index in [1.54, 1.807) is 22.9 Å². The Kier molecular flexibility index (Phi) is 6.49. The summed E-state index contributed by atoms with van der Waals surface area (Å²) in [6.45, 7) is 7.43. The molecule has 1 atom stereocenters. The molecule has 0 aliphatic heterocycles. The lowest BCUT2D eigenvalue weighted by atomic mass is 9.98. The maximum Gasteiger partial charge on any atom is 0.201 e. The minimum Gasteiger partial charge on any atom is -0.488 e. The molecule has 0 amide bonds. The molecule has 2 N–H and O–H groups in total. The third-order valence-corrected chi connectivity index (χ3v) is 7.05. The predicted octanol–water partition coefficient (Wildman–Crippen LogP) is 6.69. The maximum absolute atomic E-state index is 15.0. The van der Waals surface area contributed by atoms with Gasteiger partial charge in [0.1, 0.15) is 35.2 Å². The van der Waals surface area contributed by atoms with Crippen LogP contribution in [0.5, 0.6) is 5.75 Å². The first-order valence-corrected chi connectivity index (χ1v) is 13.3. The van der Waals surface area contributed by atoms with Crippen molar-refractivity contribution in [2.24, 2.45) is 0 Å². The molecule has 3 aromatic carbocycles. The van der Waals surface area contributed by atoms with Crippen LogP contribution in [0.3, 0.4) is 0 Å². The molecule has 0 spiro atoms. The second kappa shape index (κ2) is 10.2. The molecule has 0 saturated heterocycles. The molecule has 8 nitrogen and oxygen atoms in total. The van der Waals surface area contributed by atoms with Crippen LogP contribution in [0.2, 0.25) is 0 Å². The van der Waals surface area contributed by atoms with Crippen molar-refractivity contribution in [3.8, 4) is 28.1 Å². The first-order valence-electron chi connectivity index (χ1n) is 13.3. The van der Waals surface area contributed by atoms with Crippen molar-refractivity contribution in [3.05, 3.63) is 100 Å². The van der Waals surface area contributed by atoms with E-state index in [4.69, 9.17) is 20.0 Å². The highest BCUT2D eigenvalue weighted by atomic mass is 19.1. The molecule has 0 fully saturated rings. The highest BCUT2D eigenvalue weighted by Crippen LogP contribution is 2.37. The standard InChI is InChI=1S/C32H28FN5O3/c1-17(2)40-23-14-13-21(15-22(23)33)28-27-31(34)35-16-36-32(27)38(37-28)19(4)30-26(20-10-6-5-7-11-20)29(39)25-18(3)9-8-12-24(25)41-30/h5-17,19H,1-4H3,(H2,34,35,36). The van der Waals surface area contributed by atoms with E-state index >= 15 is 4.39 Å². The summed E-state index contributed by atoms with van der Waals surface area (Å²) >= 11 is 0. The van der Waals surface area contributed by atoms with Crippen LogP contribution in [0, 0.1) is 12.7 Å². The number of anilines is 1. The summed E-state index contributed by atoms with van der Waals surface area (Å²) in [5.41, 5.74) is 9.96. The molecule has 6 rings (SSSR count). The van der Waals surface area contributed by atoms with Crippen LogP contribution in [0.25, 0.3) is 44.4 Å². The Morgan fingerprint density at radius 2 is 1.73 bits per heavy atom. The smallest absolute Gasteiger partial charge is 0.201 e. The number of nitrogens with two attached hydrogens (primary N) is 1. The fourth-order valence-electron chi connectivity index (χ4n) is 5.17. The Balaban J connectivity index is 1.59. The molecule has 9 heteroatoms. The summed E-state index contributed by atoms with van der Waals surface area (Å²) < 4.78 is 28.7. The van der Waals surface area contributed by atoms with Gasteiger partial charge in [0.2, 0.25) is 5.43 Å². The number of benzene rings is 3. The van der Waals surface area contributed by atoms with Crippen LogP contribution in [-0.2, 0) is 0 Å². The molecule has 0 saturated carbocycles. The summed E-state index contributed by atoms with van der Waals surface area (Å²) in [6, 6.07) is 19.0. The average molecular weight is 550 g/mol. The van der Waals surface area contributed by atoms with E-state index in [-0.39, 0.29) is 23.1 Å². The number of nitrogen functional groups attached to an aromatic ring is 1. The number of aromatic nitrogens is 4. The Hall–Kier alpha value is -5.05. The molecule has 0 radical (unpaired) electrons. The largest absolute Gasteiger partial charge is 0.488 e. The van der Waals surface area contributed by atoms with Crippen molar-refractivity contribution in [2.75, 3.05) is 5.73 Å². The Bertz CT molecular complexity index is 1980. The van der Waals surface area contributed by atoms with Crippen LogP contribution in [0.15, 0.2) is 82.3 Å². The Morgan fingerprint density at radius 3 is 2.46 bits per heavy atom. The fourth-order valence-corrected chi connectivity index (χ4v) is 5.17. The van der Waals surface area contributed by atoms with Gasteiger partial charge in [0.25, 0.3) is 0 Å². The van der Waals surface area contributed by atoms with Crippen molar-refractivity contribution in [1.82, 2.24) is 19.7 Å². The fraction of sp³-hybridized carbons (Fsp3) is 0.188. The molecular weight excluding hydrogens is 521 g/mol. The Labute approximate surface area is 235 Å². The molecular formula is C32H28FN5O3. The van der Waals surface area contributed by atoms with Crippen molar-refractivity contribution < 1.29 is 13.5 Å². The van der Waals surface area contributed by atoms with Crippen molar-refractivity contribution in [2.45, 2.75) is 39.8 Å².